The Kier molecular flexibility index (Phi) is 8.40. The van der Waals surface area contributed by atoms with Gasteiger partial charge in [0.2, 0.25) is 0 Å². The highest BCUT2D eigenvalue weighted by atomic mass is 15.0. The molecule has 0 spiro atoms. The van der Waals surface area contributed by atoms with Crippen LogP contribution in [0.2, 0.25) is 0 Å². The van der Waals surface area contributed by atoms with Crippen molar-refractivity contribution in [2.45, 2.75) is 25.7 Å². The Hall–Kier alpha value is -6.96. The third kappa shape index (κ3) is 5.94. The van der Waals surface area contributed by atoms with E-state index in [2.05, 4.69) is 218 Å². The van der Waals surface area contributed by atoms with Gasteiger partial charge in [0.15, 0.2) is 0 Å². The van der Waals surface area contributed by atoms with E-state index in [9.17, 15) is 0 Å². The van der Waals surface area contributed by atoms with Gasteiger partial charge in [-0.05, 0) is 143 Å². The van der Waals surface area contributed by atoms with E-state index in [0.717, 1.165) is 6.42 Å². The maximum Gasteiger partial charge on any atom is 0.0531 e. The predicted octanol–water partition coefficient (Wildman–Crippen LogP) is 15.8. The summed E-state index contributed by atoms with van der Waals surface area (Å²) in [7, 11) is 0. The topological polar surface area (TPSA) is 4.93 Å². The van der Waals surface area contributed by atoms with Gasteiger partial charge in [0, 0.05) is 17.3 Å². The lowest BCUT2D eigenvalue weighted by molar-refractivity contribution is 0.481. The molecule has 0 N–H and O–H groups in total. The zero-order valence-corrected chi connectivity index (χ0v) is 32.6. The first-order chi connectivity index (χ1) is 28.7. The van der Waals surface area contributed by atoms with Gasteiger partial charge >= 0.3 is 0 Å². The van der Waals surface area contributed by atoms with Gasteiger partial charge in [-0.2, -0.15) is 0 Å². The average molecular weight is 742 g/mol. The minimum atomic E-state index is 0.390. The van der Waals surface area contributed by atoms with Crippen molar-refractivity contribution in [3.8, 4) is 50.3 Å². The molecule has 9 aromatic carbocycles. The molecule has 1 heterocycles. The molecule has 0 fully saturated rings. The summed E-state index contributed by atoms with van der Waals surface area (Å²) in [6.07, 6.45) is 7.12. The van der Waals surface area contributed by atoms with Crippen molar-refractivity contribution < 1.29 is 0 Å². The Balaban J connectivity index is 1.10. The second kappa shape index (κ2) is 14.2. The minimum absolute atomic E-state index is 0.390. The number of hydrogen-bond acceptors (Lipinski definition) is 0. The second-order valence-electron chi connectivity index (χ2n) is 16.2. The van der Waals surface area contributed by atoms with Crippen LogP contribution in [0.4, 0.5) is 0 Å². The first-order valence-electron chi connectivity index (χ1n) is 20.7. The molecule has 1 nitrogen and oxygen atoms in total. The Labute approximate surface area is 340 Å². The van der Waals surface area contributed by atoms with Gasteiger partial charge < -0.3 is 4.57 Å². The van der Waals surface area contributed by atoms with Crippen molar-refractivity contribution in [2.75, 3.05) is 0 Å². The molecule has 276 valence electrons. The standard InChI is InChI=1S/C57H43N/c1-38-12-11-19-46(34-38)55-33-32-54(42-15-3-2-4-16-42)58(55)49-29-26-41(27-30-49)45-28-31-52-53(37-45)57(48-25-23-40-14-6-8-18-44(40)36-48)51-21-10-9-20-50(51)56(52)47-24-22-39-13-5-7-17-43(39)35-47/h2-11,13-33,35-38,46H,12,34H2,1H3. The molecule has 2 atom stereocenters. The van der Waals surface area contributed by atoms with Crippen LogP contribution in [-0.2, 0) is 0 Å². The number of fused-ring (bicyclic) bond motifs is 4. The summed E-state index contributed by atoms with van der Waals surface area (Å²) in [6, 6.07) is 72.1. The number of nitrogens with zero attached hydrogens (tertiary/aromatic N) is 1. The minimum Gasteiger partial charge on any atom is -0.313 e. The van der Waals surface area contributed by atoms with Gasteiger partial charge in [-0.15, -0.1) is 0 Å². The van der Waals surface area contributed by atoms with Gasteiger partial charge in [0.05, 0.1) is 5.69 Å². The van der Waals surface area contributed by atoms with Crippen molar-refractivity contribution in [3.05, 3.63) is 212 Å². The highest BCUT2D eigenvalue weighted by molar-refractivity contribution is 6.22. The molecular weight excluding hydrogens is 699 g/mol. The third-order valence-corrected chi connectivity index (χ3v) is 12.5. The smallest absolute Gasteiger partial charge is 0.0531 e. The van der Waals surface area contributed by atoms with E-state index >= 15 is 0 Å². The van der Waals surface area contributed by atoms with Crippen molar-refractivity contribution in [1.82, 2.24) is 4.57 Å². The van der Waals surface area contributed by atoms with Crippen LogP contribution in [0.5, 0.6) is 0 Å². The van der Waals surface area contributed by atoms with Crippen molar-refractivity contribution in [1.29, 1.82) is 0 Å². The van der Waals surface area contributed by atoms with Crippen molar-refractivity contribution >= 4 is 43.1 Å². The molecule has 0 aliphatic heterocycles. The van der Waals surface area contributed by atoms with Crippen LogP contribution in [0.1, 0.15) is 31.4 Å². The molecule has 1 aliphatic rings. The lowest BCUT2D eigenvalue weighted by Crippen LogP contribution is -2.12. The molecule has 1 heteroatoms. The highest BCUT2D eigenvalue weighted by Crippen LogP contribution is 2.46. The van der Waals surface area contributed by atoms with E-state index in [-0.39, 0.29) is 0 Å². The Morgan fingerprint density at radius 1 is 0.414 bits per heavy atom. The molecular formula is C57H43N. The summed E-state index contributed by atoms with van der Waals surface area (Å²) in [5.41, 5.74) is 12.5. The first-order valence-corrected chi connectivity index (χ1v) is 20.7. The molecule has 1 aromatic heterocycles. The molecule has 58 heavy (non-hydrogen) atoms. The molecule has 1 aliphatic carbocycles. The van der Waals surface area contributed by atoms with Crippen LogP contribution >= 0.6 is 0 Å². The highest BCUT2D eigenvalue weighted by Gasteiger charge is 2.23. The normalized spacial score (nSPS) is 15.5. The summed E-state index contributed by atoms with van der Waals surface area (Å²) in [4.78, 5) is 0. The van der Waals surface area contributed by atoms with Crippen LogP contribution in [0.25, 0.3) is 93.4 Å². The van der Waals surface area contributed by atoms with Crippen molar-refractivity contribution in [2.24, 2.45) is 5.92 Å². The van der Waals surface area contributed by atoms with E-state index in [0.29, 0.717) is 11.8 Å². The monoisotopic (exact) mass is 741 g/mol. The summed E-state index contributed by atoms with van der Waals surface area (Å²) < 4.78 is 2.49. The molecule has 0 bridgehead atoms. The van der Waals surface area contributed by atoms with E-state index in [1.54, 1.807) is 0 Å². The SMILES string of the molecule is CC1CC=CC(c2ccc(-c3ccccc3)n2-c2ccc(-c3ccc4c(-c5ccc6ccccc6c5)c5ccccc5c(-c5ccc6ccccc6c5)c4c3)cc2)C1. The summed E-state index contributed by atoms with van der Waals surface area (Å²) in [5, 5.41) is 10.1. The van der Waals surface area contributed by atoms with E-state index in [4.69, 9.17) is 0 Å². The first kappa shape index (κ1) is 34.3. The zero-order chi connectivity index (χ0) is 38.6. The van der Waals surface area contributed by atoms with Crippen LogP contribution in [-0.4, -0.2) is 4.57 Å². The van der Waals surface area contributed by atoms with Gasteiger partial charge in [-0.1, -0.05) is 171 Å². The average Bonchev–Trinajstić information content (AvgIpc) is 3.74. The Morgan fingerprint density at radius 3 is 1.62 bits per heavy atom. The summed E-state index contributed by atoms with van der Waals surface area (Å²) in [5.74, 6) is 1.06. The fourth-order valence-electron chi connectivity index (χ4n) is 9.64. The Bertz CT molecular complexity index is 3180. The summed E-state index contributed by atoms with van der Waals surface area (Å²) in [6.45, 7) is 2.37. The maximum absolute atomic E-state index is 2.49. The van der Waals surface area contributed by atoms with Crippen LogP contribution in [0, 0.1) is 5.92 Å². The van der Waals surface area contributed by atoms with E-state index in [1.807, 2.05) is 0 Å². The molecule has 2 unspecified atom stereocenters. The number of rotatable bonds is 6. The van der Waals surface area contributed by atoms with Crippen LogP contribution in [0.3, 0.4) is 0 Å². The number of benzene rings is 9. The predicted molar refractivity (Wildman–Crippen MR) is 248 cm³/mol. The van der Waals surface area contributed by atoms with E-state index in [1.165, 1.54) is 106 Å². The molecule has 0 amide bonds. The number of hydrogen-bond donors (Lipinski definition) is 0. The van der Waals surface area contributed by atoms with Gasteiger partial charge in [-0.25, -0.2) is 0 Å². The lowest BCUT2D eigenvalue weighted by atomic mass is 9.84. The van der Waals surface area contributed by atoms with Crippen LogP contribution < -0.4 is 0 Å². The lowest BCUT2D eigenvalue weighted by Gasteiger charge is -2.24. The second-order valence-corrected chi connectivity index (χ2v) is 16.2. The van der Waals surface area contributed by atoms with E-state index < -0.39 is 0 Å². The molecule has 0 radical (unpaired) electrons. The molecule has 10 aromatic rings. The molecule has 0 saturated carbocycles. The van der Waals surface area contributed by atoms with Crippen LogP contribution in [0.15, 0.2) is 206 Å². The number of aromatic nitrogens is 1. The fourth-order valence-corrected chi connectivity index (χ4v) is 9.64. The van der Waals surface area contributed by atoms with Gasteiger partial charge in [0.1, 0.15) is 0 Å². The van der Waals surface area contributed by atoms with Crippen molar-refractivity contribution in [3.63, 3.8) is 0 Å². The van der Waals surface area contributed by atoms with Gasteiger partial charge in [-0.3, -0.25) is 0 Å². The molecule has 0 saturated heterocycles. The Morgan fingerprint density at radius 2 is 0.966 bits per heavy atom. The largest absolute Gasteiger partial charge is 0.313 e. The number of allylic oxidation sites excluding steroid dienone is 2. The summed E-state index contributed by atoms with van der Waals surface area (Å²) >= 11 is 0. The zero-order valence-electron chi connectivity index (χ0n) is 32.6. The molecule has 11 rings (SSSR count). The van der Waals surface area contributed by atoms with Gasteiger partial charge in [0.25, 0.3) is 0 Å². The third-order valence-electron chi connectivity index (χ3n) is 12.5. The maximum atomic E-state index is 2.49. The fraction of sp³-hybridized carbons (Fsp3) is 0.0877. The quantitative estimate of drug-likeness (QED) is 0.118.